The van der Waals surface area contributed by atoms with E-state index in [0.29, 0.717) is 32.2 Å². The lowest BCUT2D eigenvalue weighted by molar-refractivity contribution is -0.145. The van der Waals surface area contributed by atoms with Gasteiger partial charge in [-0.3, -0.25) is 43.2 Å². The Hall–Kier alpha value is -6.17. The van der Waals surface area contributed by atoms with Crippen molar-refractivity contribution in [2.24, 2.45) is 11.8 Å². The fraction of sp³-hybridized carbons (Fsp3) is 0.797. The molecular weight excluding hydrogens is 1170 g/mol. The van der Waals surface area contributed by atoms with E-state index in [9.17, 15) is 76.5 Å². The number of rotatable bonds is 61. The average Bonchev–Trinajstić information content (AvgIpc) is 4.06. The molecule has 1 aromatic heterocycles. The zero-order valence-electron chi connectivity index (χ0n) is 51.8. The maximum Gasteiger partial charge on any atom is 0.326 e. The second-order valence-corrected chi connectivity index (χ2v) is 24.3. The lowest BCUT2D eigenvalue weighted by atomic mass is 9.97. The van der Waals surface area contributed by atoms with E-state index in [1.165, 1.54) is 51.9 Å². The molecule has 0 unspecified atom stereocenters. The van der Waals surface area contributed by atoms with E-state index in [4.69, 9.17) is 18.9 Å². The number of carboxylic acids is 3. The van der Waals surface area contributed by atoms with Gasteiger partial charge in [0.1, 0.15) is 48.4 Å². The standard InChI is InChI=1S/C59H100N8O20S/c1-44(45(2)68)20-16-17-31-60-53(72)30-28-51(59(80)81)63-55(74)29-25-46(57(76)77)40-49(71)41-86-37-36-85-34-32-61-56(75)42-87-38-35-84-33-18-22-47(69)26-27-50(58(78)79)62-54(73)24-19-39-88(82,83)43-48(70)21-14-12-10-8-6-4-3-5-7-9-11-13-15-23-52-64-66-67-65-52/h44,46,50-51H,3-43H2,1-2H3,(H,60,72)(H,61,75)(H,62,73)(H,63,74)(H,76,77)(H,78,79)(H,80,81)(H,64,65,66,67)/t44-,46+,50-,51-/m0/s1. The molecule has 4 atom stereocenters. The summed E-state index contributed by atoms with van der Waals surface area (Å²) in [6.45, 7) is 3.72. The summed E-state index contributed by atoms with van der Waals surface area (Å²) in [5.41, 5.74) is 0. The first kappa shape index (κ1) is 79.8. The van der Waals surface area contributed by atoms with Gasteiger partial charge < -0.3 is 55.5 Å². The minimum absolute atomic E-state index is 0.0146. The molecular formula is C59H100N8O20S. The van der Waals surface area contributed by atoms with Crippen LogP contribution in [0.15, 0.2) is 0 Å². The summed E-state index contributed by atoms with van der Waals surface area (Å²) >= 11 is 0. The first-order valence-corrected chi connectivity index (χ1v) is 33.0. The summed E-state index contributed by atoms with van der Waals surface area (Å²) in [7, 11) is -3.74. The third-order valence-corrected chi connectivity index (χ3v) is 16.0. The minimum Gasteiger partial charge on any atom is -0.481 e. The topological polar surface area (TPSA) is 422 Å². The van der Waals surface area contributed by atoms with Crippen LogP contribution >= 0.6 is 0 Å². The summed E-state index contributed by atoms with van der Waals surface area (Å²) in [4.78, 5) is 133. The van der Waals surface area contributed by atoms with Crippen LogP contribution in [0.2, 0.25) is 0 Å². The highest BCUT2D eigenvalue weighted by Gasteiger charge is 2.26. The van der Waals surface area contributed by atoms with Crippen molar-refractivity contribution >= 4 is 74.5 Å². The number of sulfone groups is 1. The minimum atomic E-state index is -3.74. The van der Waals surface area contributed by atoms with E-state index in [2.05, 4.69) is 41.9 Å². The Balaban J connectivity index is 2.06. The van der Waals surface area contributed by atoms with Gasteiger partial charge in [0.25, 0.3) is 0 Å². The van der Waals surface area contributed by atoms with Gasteiger partial charge in [-0.05, 0) is 64.7 Å². The number of nitrogens with one attached hydrogen (secondary N) is 5. The van der Waals surface area contributed by atoms with E-state index in [1.807, 2.05) is 6.92 Å². The predicted molar refractivity (Wildman–Crippen MR) is 320 cm³/mol. The molecule has 0 radical (unpaired) electrons. The van der Waals surface area contributed by atoms with E-state index < -0.39 is 93.9 Å². The molecule has 1 heterocycles. The van der Waals surface area contributed by atoms with Crippen molar-refractivity contribution in [2.45, 2.75) is 212 Å². The van der Waals surface area contributed by atoms with Crippen molar-refractivity contribution in [3.8, 4) is 0 Å². The van der Waals surface area contributed by atoms with E-state index in [0.717, 1.165) is 50.8 Å². The fourth-order valence-electron chi connectivity index (χ4n) is 8.96. The summed E-state index contributed by atoms with van der Waals surface area (Å²) < 4.78 is 46.4. The number of tetrazole rings is 1. The fourth-order valence-corrected chi connectivity index (χ4v) is 10.3. The van der Waals surface area contributed by atoms with Gasteiger partial charge >= 0.3 is 17.9 Å². The number of amides is 4. The number of carboxylic acid groups (broad SMARTS) is 3. The molecule has 0 aliphatic carbocycles. The molecule has 0 saturated carbocycles. The number of aromatic nitrogens is 4. The van der Waals surface area contributed by atoms with Crippen LogP contribution < -0.4 is 21.3 Å². The highest BCUT2D eigenvalue weighted by molar-refractivity contribution is 7.92. The van der Waals surface area contributed by atoms with Gasteiger partial charge in [0.15, 0.2) is 21.4 Å². The van der Waals surface area contributed by atoms with Gasteiger partial charge in [-0.15, -0.1) is 10.2 Å². The van der Waals surface area contributed by atoms with Gasteiger partial charge in [0.05, 0.1) is 44.7 Å². The first-order chi connectivity index (χ1) is 42.1. The largest absolute Gasteiger partial charge is 0.481 e. The van der Waals surface area contributed by atoms with Crippen molar-refractivity contribution in [3.63, 3.8) is 0 Å². The monoisotopic (exact) mass is 1270 g/mol. The molecule has 88 heavy (non-hydrogen) atoms. The summed E-state index contributed by atoms with van der Waals surface area (Å²) in [6.07, 6.45) is 15.7. The Morgan fingerprint density at radius 1 is 0.489 bits per heavy atom. The number of H-pyrrole nitrogens is 1. The molecule has 0 fully saturated rings. The Morgan fingerprint density at radius 3 is 1.61 bits per heavy atom. The molecule has 1 aromatic rings. The van der Waals surface area contributed by atoms with Crippen LogP contribution in [0.4, 0.5) is 0 Å². The number of ether oxygens (including phenoxy) is 4. The number of aryl methyl sites for hydroxylation is 1. The van der Waals surface area contributed by atoms with Crippen LogP contribution in [0.25, 0.3) is 0 Å². The number of hydrogen-bond donors (Lipinski definition) is 8. The van der Waals surface area contributed by atoms with Crippen LogP contribution in [-0.2, 0) is 87.9 Å². The van der Waals surface area contributed by atoms with Crippen molar-refractivity contribution in [1.82, 2.24) is 41.9 Å². The van der Waals surface area contributed by atoms with Crippen LogP contribution in [0, 0.1) is 11.8 Å². The summed E-state index contributed by atoms with van der Waals surface area (Å²) in [5, 5.41) is 52.6. The molecule has 29 heteroatoms. The van der Waals surface area contributed by atoms with Crippen LogP contribution in [-0.4, -0.2) is 199 Å². The SMILES string of the molecule is CC(=O)[C@@H](C)CCCCNC(=O)CC[C@H](NC(=O)CC[C@H](CC(=O)COCCOCCNC(=O)COCCOCCCC(=O)CC[C@H](NC(=O)CCCS(=O)(=O)CC(=O)CCCCCCCCCCCCCCCc1nn[nH]n1)C(=O)O)C(=O)O)C(=O)O. The molecule has 0 aliphatic heterocycles. The number of ketones is 4. The number of nitrogens with zero attached hydrogens (tertiary/aromatic N) is 3. The summed E-state index contributed by atoms with van der Waals surface area (Å²) in [5.74, 6) is -8.83. The predicted octanol–water partition coefficient (Wildman–Crippen LogP) is 4.15. The van der Waals surface area contributed by atoms with Crippen molar-refractivity contribution in [1.29, 1.82) is 0 Å². The summed E-state index contributed by atoms with van der Waals surface area (Å²) in [6, 6.07) is -2.73. The normalized spacial score (nSPS) is 12.8. The number of carbonyl (C=O) groups excluding carboxylic acids is 8. The number of aromatic amines is 1. The molecule has 0 bridgehead atoms. The average molecular weight is 1270 g/mol. The van der Waals surface area contributed by atoms with Crippen molar-refractivity contribution < 1.29 is 95.4 Å². The number of unbranched alkanes of at least 4 members (excludes halogenated alkanes) is 13. The highest BCUT2D eigenvalue weighted by atomic mass is 32.2. The van der Waals surface area contributed by atoms with Crippen molar-refractivity contribution in [2.75, 3.05) is 77.5 Å². The van der Waals surface area contributed by atoms with Gasteiger partial charge in [-0.25, -0.2) is 18.0 Å². The Bertz CT molecular complexity index is 2330. The lowest BCUT2D eigenvalue weighted by Crippen LogP contribution is -2.42. The molecule has 0 aromatic carbocycles. The lowest BCUT2D eigenvalue weighted by Gasteiger charge is -2.16. The smallest absolute Gasteiger partial charge is 0.326 e. The Morgan fingerprint density at radius 2 is 1.02 bits per heavy atom. The second-order valence-electron chi connectivity index (χ2n) is 22.1. The molecule has 28 nitrogen and oxygen atoms in total. The number of carbonyl (C=O) groups is 11. The molecule has 502 valence electrons. The Kier molecular flexibility index (Phi) is 46.0. The van der Waals surface area contributed by atoms with E-state index in [1.54, 1.807) is 0 Å². The van der Waals surface area contributed by atoms with Crippen LogP contribution in [0.5, 0.6) is 0 Å². The zero-order valence-corrected chi connectivity index (χ0v) is 52.6. The van der Waals surface area contributed by atoms with E-state index in [-0.39, 0.29) is 146 Å². The molecule has 1 rings (SSSR count). The maximum absolute atomic E-state index is 12.5. The Labute approximate surface area is 517 Å². The molecule has 0 aliphatic rings. The third kappa shape index (κ3) is 46.0. The van der Waals surface area contributed by atoms with Gasteiger partial charge in [0.2, 0.25) is 23.6 Å². The van der Waals surface area contributed by atoms with Gasteiger partial charge in [-0.2, -0.15) is 5.21 Å². The second kappa shape index (κ2) is 50.7. The van der Waals surface area contributed by atoms with Crippen LogP contribution in [0.1, 0.15) is 199 Å². The quantitative estimate of drug-likeness (QED) is 0.0425. The maximum atomic E-state index is 12.5. The van der Waals surface area contributed by atoms with Gasteiger partial charge in [-0.1, -0.05) is 89.2 Å². The highest BCUT2D eigenvalue weighted by Crippen LogP contribution is 2.16. The molecule has 4 amide bonds. The number of aliphatic carboxylic acids is 3. The third-order valence-electron chi connectivity index (χ3n) is 14.3. The first-order valence-electron chi connectivity index (χ1n) is 31.2. The molecule has 8 N–H and O–H groups in total. The number of Topliss-reactive ketones (excluding diaryl/α,β-unsaturated/α-hetero) is 4. The van der Waals surface area contributed by atoms with Crippen molar-refractivity contribution in [3.05, 3.63) is 5.82 Å². The zero-order chi connectivity index (χ0) is 65.2. The van der Waals surface area contributed by atoms with E-state index >= 15 is 0 Å². The van der Waals surface area contributed by atoms with Crippen LogP contribution in [0.3, 0.4) is 0 Å². The molecule has 0 spiro atoms. The molecule has 0 saturated heterocycles. The number of hydrogen-bond acceptors (Lipinski definition) is 20. The van der Waals surface area contributed by atoms with Gasteiger partial charge in [0, 0.05) is 77.0 Å².